The first-order valence-electron chi connectivity index (χ1n) is 8.94. The lowest BCUT2D eigenvalue weighted by molar-refractivity contribution is -0.135. The Morgan fingerprint density at radius 1 is 1.04 bits per heavy atom. The molecule has 0 aliphatic rings. The summed E-state index contributed by atoms with van der Waals surface area (Å²) in [4.78, 5) is 27.7. The van der Waals surface area contributed by atoms with Gasteiger partial charge in [-0.1, -0.05) is 48.5 Å². The van der Waals surface area contributed by atoms with Crippen LogP contribution in [0.2, 0.25) is 0 Å². The second kappa shape index (κ2) is 8.47. The topological polar surface area (TPSA) is 77.3 Å². The monoisotopic (exact) mass is 378 g/mol. The van der Waals surface area contributed by atoms with Crippen molar-refractivity contribution in [1.29, 1.82) is 0 Å². The minimum atomic E-state index is -0.672. The van der Waals surface area contributed by atoms with Crippen molar-refractivity contribution in [2.75, 3.05) is 13.7 Å². The van der Waals surface area contributed by atoms with Crippen molar-refractivity contribution >= 4 is 11.9 Å². The SMILES string of the molecule is Cc1nn(-c2ccccc2)nc1C(=O)OCC(=O)N(C)[C@@H](C)c1ccccc1. The number of rotatable bonds is 6. The number of nitrogens with zero attached hydrogens (tertiary/aromatic N) is 4. The van der Waals surface area contributed by atoms with E-state index in [1.54, 1.807) is 18.9 Å². The van der Waals surface area contributed by atoms with Crippen molar-refractivity contribution in [2.24, 2.45) is 0 Å². The zero-order chi connectivity index (χ0) is 20.1. The maximum Gasteiger partial charge on any atom is 0.361 e. The van der Waals surface area contributed by atoms with Crippen molar-refractivity contribution in [1.82, 2.24) is 19.9 Å². The molecule has 3 rings (SSSR count). The highest BCUT2D eigenvalue weighted by atomic mass is 16.5. The fourth-order valence-corrected chi connectivity index (χ4v) is 2.71. The van der Waals surface area contributed by atoms with E-state index in [-0.39, 0.29) is 24.2 Å². The first-order chi connectivity index (χ1) is 13.5. The Morgan fingerprint density at radius 3 is 2.29 bits per heavy atom. The van der Waals surface area contributed by atoms with Crippen LogP contribution in [0.15, 0.2) is 60.7 Å². The second-order valence-corrected chi connectivity index (χ2v) is 6.43. The summed E-state index contributed by atoms with van der Waals surface area (Å²) in [7, 11) is 1.69. The largest absolute Gasteiger partial charge is 0.451 e. The van der Waals surface area contributed by atoms with Gasteiger partial charge in [-0.3, -0.25) is 4.79 Å². The Labute approximate surface area is 163 Å². The third-order valence-electron chi connectivity index (χ3n) is 4.55. The van der Waals surface area contributed by atoms with Gasteiger partial charge >= 0.3 is 5.97 Å². The molecule has 2 aromatic carbocycles. The summed E-state index contributed by atoms with van der Waals surface area (Å²) in [6.07, 6.45) is 0. The van der Waals surface area contributed by atoms with E-state index in [1.807, 2.05) is 67.6 Å². The van der Waals surface area contributed by atoms with Gasteiger partial charge in [0.2, 0.25) is 0 Å². The number of para-hydroxylation sites is 1. The Balaban J connectivity index is 1.62. The third-order valence-corrected chi connectivity index (χ3v) is 4.55. The van der Waals surface area contributed by atoms with Crippen LogP contribution < -0.4 is 0 Å². The quantitative estimate of drug-likeness (QED) is 0.616. The number of hydrogen-bond acceptors (Lipinski definition) is 5. The van der Waals surface area contributed by atoms with Gasteiger partial charge in [0, 0.05) is 7.05 Å². The van der Waals surface area contributed by atoms with Gasteiger partial charge in [0.25, 0.3) is 5.91 Å². The van der Waals surface area contributed by atoms with Crippen LogP contribution in [-0.2, 0) is 9.53 Å². The lowest BCUT2D eigenvalue weighted by Gasteiger charge is -2.25. The van der Waals surface area contributed by atoms with Crippen molar-refractivity contribution in [3.63, 3.8) is 0 Å². The van der Waals surface area contributed by atoms with Crippen LogP contribution in [0.5, 0.6) is 0 Å². The molecule has 7 heteroatoms. The van der Waals surface area contributed by atoms with E-state index in [0.717, 1.165) is 11.3 Å². The maximum atomic E-state index is 12.4. The molecule has 0 radical (unpaired) electrons. The van der Waals surface area contributed by atoms with E-state index in [4.69, 9.17) is 4.74 Å². The molecule has 0 spiro atoms. The molecule has 1 atom stereocenters. The molecule has 1 aromatic heterocycles. The first-order valence-corrected chi connectivity index (χ1v) is 8.94. The Kier molecular flexibility index (Phi) is 5.84. The highest BCUT2D eigenvalue weighted by Gasteiger charge is 2.22. The van der Waals surface area contributed by atoms with Crippen molar-refractivity contribution in [3.8, 4) is 5.69 Å². The molecule has 0 N–H and O–H groups in total. The third kappa shape index (κ3) is 4.25. The zero-order valence-corrected chi connectivity index (χ0v) is 16.1. The van der Waals surface area contributed by atoms with E-state index in [9.17, 15) is 9.59 Å². The number of ether oxygens (including phenoxy) is 1. The van der Waals surface area contributed by atoms with Gasteiger partial charge < -0.3 is 9.64 Å². The van der Waals surface area contributed by atoms with E-state index in [1.165, 1.54) is 4.80 Å². The minimum Gasteiger partial charge on any atom is -0.451 e. The molecule has 0 saturated heterocycles. The van der Waals surface area contributed by atoms with Crippen molar-refractivity contribution < 1.29 is 14.3 Å². The van der Waals surface area contributed by atoms with Crippen LogP contribution >= 0.6 is 0 Å². The number of aromatic nitrogens is 3. The van der Waals surface area contributed by atoms with E-state index in [2.05, 4.69) is 10.2 Å². The molecule has 1 heterocycles. The smallest absolute Gasteiger partial charge is 0.361 e. The van der Waals surface area contributed by atoms with Gasteiger partial charge in [-0.2, -0.15) is 9.90 Å². The summed E-state index contributed by atoms with van der Waals surface area (Å²) in [6, 6.07) is 18.8. The molecular formula is C21H22N4O3. The molecule has 0 aliphatic heterocycles. The van der Waals surface area contributed by atoms with Crippen LogP contribution in [0.4, 0.5) is 0 Å². The number of aryl methyl sites for hydroxylation is 1. The van der Waals surface area contributed by atoms with Gasteiger partial charge in [0.05, 0.1) is 17.4 Å². The van der Waals surface area contributed by atoms with Crippen LogP contribution in [0.25, 0.3) is 5.69 Å². The summed E-state index contributed by atoms with van der Waals surface area (Å²) in [6.45, 7) is 3.24. The Morgan fingerprint density at radius 2 is 1.64 bits per heavy atom. The first kappa shape index (κ1) is 19.3. The molecule has 0 aliphatic carbocycles. The fraction of sp³-hybridized carbons (Fsp3) is 0.238. The number of carbonyl (C=O) groups excluding carboxylic acids is 2. The number of likely N-dealkylation sites (N-methyl/N-ethyl adjacent to an activating group) is 1. The Bertz CT molecular complexity index is 954. The summed E-state index contributed by atoms with van der Waals surface area (Å²) in [5.41, 5.74) is 2.27. The van der Waals surface area contributed by atoms with Gasteiger partial charge in [-0.25, -0.2) is 4.79 Å². The number of esters is 1. The highest BCUT2D eigenvalue weighted by Crippen LogP contribution is 2.18. The van der Waals surface area contributed by atoms with Crippen LogP contribution in [0.1, 0.15) is 34.7 Å². The van der Waals surface area contributed by atoms with Crippen molar-refractivity contribution in [2.45, 2.75) is 19.9 Å². The lowest BCUT2D eigenvalue weighted by Crippen LogP contribution is -2.33. The van der Waals surface area contributed by atoms with E-state index < -0.39 is 5.97 Å². The standard InChI is InChI=1S/C21H22N4O3/c1-15-20(23-25(22-15)18-12-8-5-9-13-18)21(27)28-14-19(26)24(3)16(2)17-10-6-4-7-11-17/h4-13,16H,14H2,1-3H3/t16-/m0/s1. The number of amides is 1. The molecule has 1 amide bonds. The average molecular weight is 378 g/mol. The second-order valence-electron chi connectivity index (χ2n) is 6.43. The predicted octanol–water partition coefficient (Wildman–Crippen LogP) is 2.95. The van der Waals surface area contributed by atoms with Gasteiger partial charge in [0.15, 0.2) is 12.3 Å². The minimum absolute atomic E-state index is 0.0930. The summed E-state index contributed by atoms with van der Waals surface area (Å²) >= 11 is 0. The number of carbonyl (C=O) groups is 2. The van der Waals surface area contributed by atoms with Crippen molar-refractivity contribution in [3.05, 3.63) is 77.6 Å². The number of benzene rings is 2. The van der Waals surface area contributed by atoms with Crippen LogP contribution in [-0.4, -0.2) is 45.4 Å². The molecule has 3 aromatic rings. The molecule has 28 heavy (non-hydrogen) atoms. The highest BCUT2D eigenvalue weighted by molar-refractivity contribution is 5.90. The maximum absolute atomic E-state index is 12.4. The molecule has 0 unspecified atom stereocenters. The fourth-order valence-electron chi connectivity index (χ4n) is 2.71. The molecule has 0 saturated carbocycles. The average Bonchev–Trinajstić information content (AvgIpc) is 3.13. The molecule has 0 fully saturated rings. The predicted molar refractivity (Wildman–Crippen MR) is 104 cm³/mol. The van der Waals surface area contributed by atoms with E-state index in [0.29, 0.717) is 5.69 Å². The summed E-state index contributed by atoms with van der Waals surface area (Å²) in [5, 5.41) is 8.43. The zero-order valence-electron chi connectivity index (χ0n) is 16.1. The molecule has 144 valence electrons. The van der Waals surface area contributed by atoms with Gasteiger partial charge in [-0.05, 0) is 31.5 Å². The summed E-state index contributed by atoms with van der Waals surface area (Å²) < 4.78 is 5.18. The normalized spacial score (nSPS) is 11.7. The molecule has 0 bridgehead atoms. The van der Waals surface area contributed by atoms with Gasteiger partial charge in [-0.15, -0.1) is 5.10 Å². The van der Waals surface area contributed by atoms with Crippen LogP contribution in [0.3, 0.4) is 0 Å². The molecular weight excluding hydrogens is 356 g/mol. The molecule has 7 nitrogen and oxygen atoms in total. The van der Waals surface area contributed by atoms with Crippen LogP contribution in [0, 0.1) is 6.92 Å². The Hall–Kier alpha value is -3.48. The number of hydrogen-bond donors (Lipinski definition) is 0. The van der Waals surface area contributed by atoms with E-state index >= 15 is 0 Å². The lowest BCUT2D eigenvalue weighted by atomic mass is 10.1. The summed E-state index contributed by atoms with van der Waals surface area (Å²) in [5.74, 6) is -0.966. The van der Waals surface area contributed by atoms with Gasteiger partial charge in [0.1, 0.15) is 0 Å².